The number of halogens is 1. The minimum absolute atomic E-state index is 0.124. The summed E-state index contributed by atoms with van der Waals surface area (Å²) in [7, 11) is -3.84. The summed E-state index contributed by atoms with van der Waals surface area (Å²) in [5.74, 6) is -0.692. The second kappa shape index (κ2) is 8.48. The first-order valence-electron chi connectivity index (χ1n) is 9.53. The van der Waals surface area contributed by atoms with Crippen molar-refractivity contribution in [3.63, 3.8) is 0 Å². The van der Waals surface area contributed by atoms with Crippen molar-refractivity contribution in [2.75, 3.05) is 26.2 Å². The lowest BCUT2D eigenvalue weighted by Gasteiger charge is -2.34. The summed E-state index contributed by atoms with van der Waals surface area (Å²) in [6.07, 6.45) is 6.69. The summed E-state index contributed by atoms with van der Waals surface area (Å²) in [5.41, 5.74) is 0. The predicted octanol–water partition coefficient (Wildman–Crippen LogP) is 3.02. The van der Waals surface area contributed by atoms with Gasteiger partial charge >= 0.3 is 0 Å². The first-order chi connectivity index (χ1) is 12.5. The summed E-state index contributed by atoms with van der Waals surface area (Å²) < 4.78 is 40.5. The molecule has 3 rings (SSSR count). The van der Waals surface area contributed by atoms with E-state index in [9.17, 15) is 17.6 Å². The molecule has 0 aromatic heterocycles. The smallest absolute Gasteiger partial charge is 0.245 e. The summed E-state index contributed by atoms with van der Waals surface area (Å²) >= 11 is 0. The number of rotatable bonds is 3. The number of amides is 1. The molecule has 0 atom stereocenters. The molecule has 26 heavy (non-hydrogen) atoms. The van der Waals surface area contributed by atoms with Gasteiger partial charge in [0.15, 0.2) is 0 Å². The number of carbonyl (C=O) groups is 1. The number of carbonyl (C=O) groups excluding carboxylic acids is 1. The van der Waals surface area contributed by atoms with E-state index in [0.717, 1.165) is 32.0 Å². The van der Waals surface area contributed by atoms with E-state index in [1.54, 1.807) is 0 Å². The Morgan fingerprint density at radius 2 is 1.50 bits per heavy atom. The molecule has 0 spiro atoms. The largest absolute Gasteiger partial charge is 0.342 e. The van der Waals surface area contributed by atoms with Crippen molar-refractivity contribution in [2.24, 2.45) is 5.92 Å². The molecule has 1 aromatic carbocycles. The topological polar surface area (TPSA) is 57.7 Å². The van der Waals surface area contributed by atoms with Crippen LogP contribution in [0.5, 0.6) is 0 Å². The molecule has 2 heterocycles. The highest BCUT2D eigenvalue weighted by Crippen LogP contribution is 2.27. The Labute approximate surface area is 155 Å². The van der Waals surface area contributed by atoms with Crippen LogP contribution in [-0.2, 0) is 14.8 Å². The Hall–Kier alpha value is -1.47. The minimum Gasteiger partial charge on any atom is -0.342 e. The Bertz CT molecular complexity index is 722. The molecule has 144 valence electrons. The molecule has 0 unspecified atom stereocenters. The van der Waals surface area contributed by atoms with Crippen molar-refractivity contribution in [3.8, 4) is 0 Å². The molecule has 0 saturated carbocycles. The molecule has 0 N–H and O–H groups in total. The highest BCUT2D eigenvalue weighted by molar-refractivity contribution is 7.89. The highest BCUT2D eigenvalue weighted by Gasteiger charge is 2.34. The fourth-order valence-corrected chi connectivity index (χ4v) is 5.40. The second-order valence-electron chi connectivity index (χ2n) is 7.20. The van der Waals surface area contributed by atoms with Crippen molar-refractivity contribution in [1.29, 1.82) is 0 Å². The number of sulfonamides is 1. The number of benzene rings is 1. The molecule has 2 saturated heterocycles. The van der Waals surface area contributed by atoms with E-state index in [-0.39, 0.29) is 29.8 Å². The van der Waals surface area contributed by atoms with Crippen LogP contribution in [0.25, 0.3) is 0 Å². The summed E-state index contributed by atoms with van der Waals surface area (Å²) in [4.78, 5) is 14.5. The zero-order valence-electron chi connectivity index (χ0n) is 15.1. The van der Waals surface area contributed by atoms with Crippen LogP contribution in [0.2, 0.25) is 0 Å². The lowest BCUT2D eigenvalue weighted by atomic mass is 9.95. The Morgan fingerprint density at radius 1 is 0.923 bits per heavy atom. The zero-order valence-corrected chi connectivity index (χ0v) is 15.9. The SMILES string of the molecule is O=C(C1CCN(S(=O)(=O)c2ccccc2F)CC1)N1CCCCCCC1. The first kappa shape index (κ1) is 19.3. The van der Waals surface area contributed by atoms with Crippen LogP contribution in [0.3, 0.4) is 0 Å². The van der Waals surface area contributed by atoms with Gasteiger partial charge in [0, 0.05) is 32.1 Å². The van der Waals surface area contributed by atoms with Crippen molar-refractivity contribution in [2.45, 2.75) is 49.8 Å². The van der Waals surface area contributed by atoms with Crippen molar-refractivity contribution < 1.29 is 17.6 Å². The molecule has 5 nitrogen and oxygen atoms in total. The zero-order chi connectivity index (χ0) is 18.6. The van der Waals surface area contributed by atoms with Gasteiger partial charge in [0.25, 0.3) is 0 Å². The van der Waals surface area contributed by atoms with Crippen LogP contribution in [0.1, 0.15) is 44.9 Å². The van der Waals surface area contributed by atoms with Crippen LogP contribution in [0.4, 0.5) is 4.39 Å². The lowest BCUT2D eigenvalue weighted by Crippen LogP contribution is -2.45. The van der Waals surface area contributed by atoms with Crippen molar-refractivity contribution >= 4 is 15.9 Å². The summed E-state index contributed by atoms with van der Waals surface area (Å²) in [6.45, 7) is 2.15. The third-order valence-corrected chi connectivity index (χ3v) is 7.36. The third-order valence-electron chi connectivity index (χ3n) is 5.43. The van der Waals surface area contributed by atoms with Crippen LogP contribution < -0.4 is 0 Å². The standard InChI is InChI=1S/C19H27FN2O3S/c20-17-8-4-5-9-18(17)26(24,25)22-14-10-16(11-15-22)19(23)21-12-6-2-1-3-7-13-21/h4-5,8-9,16H,1-3,6-7,10-15H2. The van der Waals surface area contributed by atoms with Crippen LogP contribution >= 0.6 is 0 Å². The predicted molar refractivity (Wildman–Crippen MR) is 97.5 cm³/mol. The van der Waals surface area contributed by atoms with E-state index in [0.29, 0.717) is 12.8 Å². The van der Waals surface area contributed by atoms with Gasteiger partial charge in [0.1, 0.15) is 10.7 Å². The average Bonchev–Trinajstić information content (AvgIpc) is 2.61. The van der Waals surface area contributed by atoms with Crippen molar-refractivity contribution in [3.05, 3.63) is 30.1 Å². The fourth-order valence-electron chi connectivity index (χ4n) is 3.86. The van der Waals surface area contributed by atoms with E-state index in [4.69, 9.17) is 0 Å². The van der Waals surface area contributed by atoms with Gasteiger partial charge in [-0.05, 0) is 37.8 Å². The average molecular weight is 383 g/mol. The molecule has 2 fully saturated rings. The number of hydrogen-bond donors (Lipinski definition) is 0. The number of nitrogens with zero attached hydrogens (tertiary/aromatic N) is 2. The quantitative estimate of drug-likeness (QED) is 0.807. The molecule has 0 radical (unpaired) electrons. The number of likely N-dealkylation sites (tertiary alicyclic amines) is 1. The Morgan fingerprint density at radius 3 is 2.12 bits per heavy atom. The van der Waals surface area contributed by atoms with Gasteiger partial charge in [-0.1, -0.05) is 31.4 Å². The maximum absolute atomic E-state index is 13.9. The van der Waals surface area contributed by atoms with Gasteiger partial charge in [0.2, 0.25) is 15.9 Å². The fraction of sp³-hybridized carbons (Fsp3) is 0.632. The second-order valence-corrected chi connectivity index (χ2v) is 9.11. The first-order valence-corrected chi connectivity index (χ1v) is 11.0. The molecule has 7 heteroatoms. The normalized spacial score (nSPS) is 21.2. The van der Waals surface area contributed by atoms with Gasteiger partial charge in [-0.3, -0.25) is 4.79 Å². The molecule has 1 amide bonds. The minimum atomic E-state index is -3.84. The maximum atomic E-state index is 13.9. The van der Waals surface area contributed by atoms with Gasteiger partial charge < -0.3 is 4.90 Å². The summed E-state index contributed by atoms with van der Waals surface area (Å²) in [5, 5.41) is 0. The monoisotopic (exact) mass is 382 g/mol. The Balaban J connectivity index is 1.61. The maximum Gasteiger partial charge on any atom is 0.245 e. The van der Waals surface area contributed by atoms with E-state index in [2.05, 4.69) is 0 Å². The van der Waals surface area contributed by atoms with E-state index >= 15 is 0 Å². The molecule has 2 aliphatic heterocycles. The molecular formula is C19H27FN2O3S. The molecule has 2 aliphatic rings. The van der Waals surface area contributed by atoms with E-state index < -0.39 is 15.8 Å². The highest BCUT2D eigenvalue weighted by atomic mass is 32.2. The van der Waals surface area contributed by atoms with Gasteiger partial charge in [-0.15, -0.1) is 0 Å². The van der Waals surface area contributed by atoms with Crippen molar-refractivity contribution in [1.82, 2.24) is 9.21 Å². The molecule has 0 aliphatic carbocycles. The van der Waals surface area contributed by atoms with Crippen LogP contribution in [0, 0.1) is 11.7 Å². The van der Waals surface area contributed by atoms with E-state index in [1.807, 2.05) is 4.90 Å². The molecule has 1 aromatic rings. The molecular weight excluding hydrogens is 355 g/mol. The lowest BCUT2D eigenvalue weighted by molar-refractivity contribution is -0.137. The Kier molecular flexibility index (Phi) is 6.29. The summed E-state index contributed by atoms with van der Waals surface area (Å²) in [6, 6.07) is 5.45. The van der Waals surface area contributed by atoms with Gasteiger partial charge in [-0.25, -0.2) is 12.8 Å². The van der Waals surface area contributed by atoms with Gasteiger partial charge in [0.05, 0.1) is 0 Å². The van der Waals surface area contributed by atoms with Gasteiger partial charge in [-0.2, -0.15) is 4.31 Å². The van der Waals surface area contributed by atoms with Crippen LogP contribution in [0.15, 0.2) is 29.2 Å². The number of hydrogen-bond acceptors (Lipinski definition) is 3. The van der Waals surface area contributed by atoms with E-state index in [1.165, 1.54) is 41.8 Å². The number of piperidine rings is 1. The molecule has 0 bridgehead atoms. The van der Waals surface area contributed by atoms with Crippen LogP contribution in [-0.4, -0.2) is 49.7 Å². The third kappa shape index (κ3) is 4.26.